The Morgan fingerprint density at radius 3 is 2.38 bits per heavy atom. The number of hydrogen-bond acceptors (Lipinski definition) is 4. The number of aryl methyl sites for hydroxylation is 1. The quantitative estimate of drug-likeness (QED) is 0.732. The van der Waals surface area contributed by atoms with E-state index in [0.29, 0.717) is 0 Å². The van der Waals surface area contributed by atoms with E-state index in [1.54, 1.807) is 7.11 Å². The molecule has 4 heteroatoms. The van der Waals surface area contributed by atoms with Crippen LogP contribution in [0, 0.1) is 6.92 Å². The van der Waals surface area contributed by atoms with E-state index in [2.05, 4.69) is 14.9 Å². The molecule has 0 aliphatic rings. The number of aromatic nitrogens is 2. The second kappa shape index (κ2) is 5.40. The number of para-hydroxylation sites is 1. The molecule has 0 fully saturated rings. The van der Waals surface area contributed by atoms with Crippen molar-refractivity contribution in [2.24, 2.45) is 0 Å². The van der Waals surface area contributed by atoms with Gasteiger partial charge in [-0.2, -0.15) is 0 Å². The lowest BCUT2D eigenvalue weighted by molar-refractivity contribution is 0.415. The van der Waals surface area contributed by atoms with Crippen LogP contribution in [0.1, 0.15) is 5.82 Å². The van der Waals surface area contributed by atoms with Gasteiger partial charge in [0.2, 0.25) is 0 Å². The van der Waals surface area contributed by atoms with Crippen molar-refractivity contribution in [1.29, 1.82) is 0 Å². The van der Waals surface area contributed by atoms with Gasteiger partial charge in [-0.05, 0) is 43.3 Å². The van der Waals surface area contributed by atoms with E-state index in [9.17, 15) is 0 Å². The molecule has 0 unspecified atom stereocenters. The van der Waals surface area contributed by atoms with Crippen LogP contribution in [0.25, 0.3) is 10.9 Å². The van der Waals surface area contributed by atoms with Crippen molar-refractivity contribution >= 4 is 22.4 Å². The molecular formula is C17H17N3O. The summed E-state index contributed by atoms with van der Waals surface area (Å²) < 4.78 is 5.20. The van der Waals surface area contributed by atoms with Crippen molar-refractivity contribution in [1.82, 2.24) is 9.97 Å². The Hall–Kier alpha value is -2.62. The fraction of sp³-hybridized carbons (Fsp3) is 0.176. The second-order valence-corrected chi connectivity index (χ2v) is 4.87. The zero-order valence-electron chi connectivity index (χ0n) is 12.4. The van der Waals surface area contributed by atoms with Crippen molar-refractivity contribution in [3.05, 3.63) is 54.4 Å². The summed E-state index contributed by atoms with van der Waals surface area (Å²) in [7, 11) is 3.68. The predicted molar refractivity (Wildman–Crippen MR) is 85.3 cm³/mol. The molecule has 3 aromatic rings. The van der Waals surface area contributed by atoms with Gasteiger partial charge in [0.05, 0.1) is 12.6 Å². The molecule has 106 valence electrons. The van der Waals surface area contributed by atoms with E-state index in [1.165, 1.54) is 0 Å². The number of fused-ring (bicyclic) bond motifs is 1. The van der Waals surface area contributed by atoms with E-state index < -0.39 is 0 Å². The molecular weight excluding hydrogens is 262 g/mol. The molecule has 0 N–H and O–H groups in total. The highest BCUT2D eigenvalue weighted by atomic mass is 16.5. The lowest BCUT2D eigenvalue weighted by atomic mass is 10.2. The molecule has 1 heterocycles. The van der Waals surface area contributed by atoms with Gasteiger partial charge in [0.15, 0.2) is 0 Å². The summed E-state index contributed by atoms with van der Waals surface area (Å²) in [6.45, 7) is 1.91. The maximum Gasteiger partial charge on any atom is 0.144 e. The molecule has 0 spiro atoms. The number of nitrogens with zero attached hydrogens (tertiary/aromatic N) is 3. The summed E-state index contributed by atoms with van der Waals surface area (Å²) in [6, 6.07) is 16.0. The fourth-order valence-electron chi connectivity index (χ4n) is 2.36. The first kappa shape index (κ1) is 13.4. The Kier molecular flexibility index (Phi) is 3.44. The van der Waals surface area contributed by atoms with Crippen molar-refractivity contribution in [3.63, 3.8) is 0 Å². The van der Waals surface area contributed by atoms with E-state index in [1.807, 2.05) is 62.5 Å². The Bertz CT molecular complexity index is 769. The monoisotopic (exact) mass is 279 g/mol. The number of hydrogen-bond donors (Lipinski definition) is 0. The van der Waals surface area contributed by atoms with Crippen LogP contribution in [0.5, 0.6) is 5.75 Å². The number of rotatable bonds is 3. The molecule has 3 rings (SSSR count). The highest BCUT2D eigenvalue weighted by Crippen LogP contribution is 2.29. The van der Waals surface area contributed by atoms with Gasteiger partial charge in [-0.1, -0.05) is 12.1 Å². The van der Waals surface area contributed by atoms with Gasteiger partial charge in [-0.15, -0.1) is 0 Å². The summed E-state index contributed by atoms with van der Waals surface area (Å²) in [5.41, 5.74) is 2.01. The van der Waals surface area contributed by atoms with Gasteiger partial charge in [-0.25, -0.2) is 9.97 Å². The van der Waals surface area contributed by atoms with E-state index in [-0.39, 0.29) is 0 Å². The second-order valence-electron chi connectivity index (χ2n) is 4.87. The number of benzene rings is 2. The fourth-order valence-corrected chi connectivity index (χ4v) is 2.36. The van der Waals surface area contributed by atoms with Crippen LogP contribution < -0.4 is 9.64 Å². The molecule has 0 saturated heterocycles. The highest BCUT2D eigenvalue weighted by Gasteiger charge is 2.11. The third-order valence-corrected chi connectivity index (χ3v) is 3.47. The minimum absolute atomic E-state index is 0.768. The third kappa shape index (κ3) is 2.52. The summed E-state index contributed by atoms with van der Waals surface area (Å²) in [6.07, 6.45) is 0. The Balaban J connectivity index is 2.09. The molecule has 0 atom stereocenters. The van der Waals surface area contributed by atoms with Crippen LogP contribution in [0.4, 0.5) is 11.5 Å². The average Bonchev–Trinajstić information content (AvgIpc) is 2.53. The SMILES string of the molecule is COc1ccc(N(C)c2nc(C)nc3ccccc23)cc1. The van der Waals surface area contributed by atoms with Gasteiger partial charge in [-0.3, -0.25) is 0 Å². The first-order chi connectivity index (χ1) is 10.2. The standard InChI is InChI=1S/C17H17N3O/c1-12-18-16-7-5-4-6-15(16)17(19-12)20(2)13-8-10-14(21-3)11-9-13/h4-11H,1-3H3. The van der Waals surface area contributed by atoms with Gasteiger partial charge >= 0.3 is 0 Å². The number of anilines is 2. The van der Waals surface area contributed by atoms with Crippen LogP contribution in [0.15, 0.2) is 48.5 Å². The topological polar surface area (TPSA) is 38.2 Å². The molecule has 0 radical (unpaired) electrons. The van der Waals surface area contributed by atoms with Gasteiger partial charge in [0.25, 0.3) is 0 Å². The molecule has 0 saturated carbocycles. The van der Waals surface area contributed by atoms with Gasteiger partial charge < -0.3 is 9.64 Å². The lowest BCUT2D eigenvalue weighted by Crippen LogP contribution is -2.12. The maximum absolute atomic E-state index is 5.20. The minimum Gasteiger partial charge on any atom is -0.497 e. The third-order valence-electron chi connectivity index (χ3n) is 3.47. The van der Waals surface area contributed by atoms with Crippen LogP contribution >= 0.6 is 0 Å². The summed E-state index contributed by atoms with van der Waals surface area (Å²) in [4.78, 5) is 11.2. The van der Waals surface area contributed by atoms with E-state index >= 15 is 0 Å². The molecule has 2 aromatic carbocycles. The first-order valence-corrected chi connectivity index (χ1v) is 6.80. The molecule has 21 heavy (non-hydrogen) atoms. The number of methoxy groups -OCH3 is 1. The summed E-state index contributed by atoms with van der Waals surface area (Å²) >= 11 is 0. The molecule has 0 aliphatic heterocycles. The zero-order valence-corrected chi connectivity index (χ0v) is 12.4. The first-order valence-electron chi connectivity index (χ1n) is 6.80. The normalized spacial score (nSPS) is 10.6. The molecule has 0 amide bonds. The van der Waals surface area contributed by atoms with Crippen molar-refractivity contribution < 1.29 is 4.74 Å². The molecule has 4 nitrogen and oxygen atoms in total. The van der Waals surface area contributed by atoms with Crippen molar-refractivity contribution in [3.8, 4) is 5.75 Å². The predicted octanol–water partition coefficient (Wildman–Crippen LogP) is 3.71. The van der Waals surface area contributed by atoms with Crippen LogP contribution in [0.3, 0.4) is 0 Å². The van der Waals surface area contributed by atoms with Crippen molar-refractivity contribution in [2.45, 2.75) is 6.92 Å². The van der Waals surface area contributed by atoms with Gasteiger partial charge in [0.1, 0.15) is 17.4 Å². The van der Waals surface area contributed by atoms with Crippen LogP contribution in [-0.2, 0) is 0 Å². The smallest absolute Gasteiger partial charge is 0.144 e. The highest BCUT2D eigenvalue weighted by molar-refractivity contribution is 5.91. The summed E-state index contributed by atoms with van der Waals surface area (Å²) in [5, 5.41) is 1.04. The lowest BCUT2D eigenvalue weighted by Gasteiger charge is -2.20. The Morgan fingerprint density at radius 1 is 0.952 bits per heavy atom. The van der Waals surface area contributed by atoms with E-state index in [4.69, 9.17) is 4.74 Å². The van der Waals surface area contributed by atoms with E-state index in [0.717, 1.165) is 34.0 Å². The van der Waals surface area contributed by atoms with Crippen LogP contribution in [0.2, 0.25) is 0 Å². The Morgan fingerprint density at radius 2 is 1.67 bits per heavy atom. The summed E-state index contributed by atoms with van der Waals surface area (Å²) in [5.74, 6) is 2.52. The maximum atomic E-state index is 5.20. The Labute approximate surface area is 124 Å². The average molecular weight is 279 g/mol. The number of ether oxygens (including phenoxy) is 1. The molecule has 1 aromatic heterocycles. The zero-order chi connectivity index (χ0) is 14.8. The molecule has 0 bridgehead atoms. The van der Waals surface area contributed by atoms with Crippen LogP contribution in [-0.4, -0.2) is 24.1 Å². The molecule has 0 aliphatic carbocycles. The van der Waals surface area contributed by atoms with Gasteiger partial charge in [0, 0.05) is 18.1 Å². The van der Waals surface area contributed by atoms with Crippen molar-refractivity contribution in [2.75, 3.05) is 19.1 Å². The largest absolute Gasteiger partial charge is 0.497 e. The minimum atomic E-state index is 0.768.